The first-order valence-corrected chi connectivity index (χ1v) is 8.05. The van der Waals surface area contributed by atoms with Gasteiger partial charge < -0.3 is 5.32 Å². The van der Waals surface area contributed by atoms with Crippen LogP contribution in [0.5, 0.6) is 0 Å². The minimum absolute atomic E-state index is 0.214. The molecule has 1 aromatic rings. The van der Waals surface area contributed by atoms with Gasteiger partial charge in [0.1, 0.15) is 0 Å². The molecule has 3 atom stereocenters. The van der Waals surface area contributed by atoms with Crippen LogP contribution in [-0.2, 0) is 11.2 Å². The Labute approximate surface area is 122 Å². The number of benzene rings is 1. The van der Waals surface area contributed by atoms with Gasteiger partial charge in [-0.1, -0.05) is 31.5 Å². The lowest BCUT2D eigenvalue weighted by atomic mass is 9.86. The van der Waals surface area contributed by atoms with Gasteiger partial charge in [0.2, 0.25) is 5.91 Å². The van der Waals surface area contributed by atoms with Crippen LogP contribution in [0.15, 0.2) is 18.2 Å². The number of para-hydroxylation sites is 1. The first-order chi connectivity index (χ1) is 9.67. The van der Waals surface area contributed by atoms with Gasteiger partial charge in [0.15, 0.2) is 0 Å². The lowest BCUT2D eigenvalue weighted by Crippen LogP contribution is -2.21. The van der Waals surface area contributed by atoms with Crippen molar-refractivity contribution in [2.75, 3.05) is 5.32 Å². The summed E-state index contributed by atoms with van der Waals surface area (Å²) in [6.07, 6.45) is 7.10. The van der Waals surface area contributed by atoms with E-state index in [-0.39, 0.29) is 5.91 Å². The molecule has 2 saturated carbocycles. The minimum atomic E-state index is 0.214. The van der Waals surface area contributed by atoms with Crippen LogP contribution in [0.2, 0.25) is 0 Å². The van der Waals surface area contributed by atoms with Crippen LogP contribution in [0.25, 0.3) is 0 Å². The third kappa shape index (κ3) is 2.61. The van der Waals surface area contributed by atoms with E-state index in [0.717, 1.165) is 30.4 Å². The molecule has 1 N–H and O–H groups in total. The van der Waals surface area contributed by atoms with E-state index in [1.807, 2.05) is 0 Å². The molecule has 0 heterocycles. The van der Waals surface area contributed by atoms with Gasteiger partial charge in [-0.25, -0.2) is 0 Å². The summed E-state index contributed by atoms with van der Waals surface area (Å²) in [5.41, 5.74) is 3.46. The number of hydrogen-bond donors (Lipinski definition) is 1. The fraction of sp³-hybridized carbons (Fsp3) is 0.611. The summed E-state index contributed by atoms with van der Waals surface area (Å²) in [5, 5.41) is 3.18. The van der Waals surface area contributed by atoms with Crippen molar-refractivity contribution in [2.45, 2.75) is 52.4 Å². The average molecular weight is 271 g/mol. The van der Waals surface area contributed by atoms with E-state index < -0.39 is 0 Å². The van der Waals surface area contributed by atoms with Crippen molar-refractivity contribution in [3.05, 3.63) is 29.3 Å². The predicted molar refractivity (Wildman–Crippen MR) is 82.7 cm³/mol. The van der Waals surface area contributed by atoms with Crippen LogP contribution in [0, 0.1) is 24.7 Å². The highest BCUT2D eigenvalue weighted by molar-refractivity contribution is 5.92. The molecule has 0 spiro atoms. The van der Waals surface area contributed by atoms with Crippen molar-refractivity contribution < 1.29 is 4.79 Å². The molecular weight excluding hydrogens is 246 g/mol. The van der Waals surface area contributed by atoms with Crippen molar-refractivity contribution >= 4 is 11.6 Å². The maximum Gasteiger partial charge on any atom is 0.224 e. The molecule has 2 aliphatic carbocycles. The zero-order chi connectivity index (χ0) is 14.1. The second-order valence-corrected chi connectivity index (χ2v) is 6.65. The Morgan fingerprint density at radius 3 is 2.80 bits per heavy atom. The number of fused-ring (bicyclic) bond motifs is 2. The van der Waals surface area contributed by atoms with Gasteiger partial charge in [-0.05, 0) is 61.5 Å². The smallest absolute Gasteiger partial charge is 0.224 e. The zero-order valence-electron chi connectivity index (χ0n) is 12.6. The second kappa shape index (κ2) is 5.59. The number of carbonyl (C=O) groups is 1. The van der Waals surface area contributed by atoms with Crippen molar-refractivity contribution in [2.24, 2.45) is 17.8 Å². The molecule has 2 bridgehead atoms. The van der Waals surface area contributed by atoms with Crippen LogP contribution >= 0.6 is 0 Å². The molecule has 2 aliphatic rings. The van der Waals surface area contributed by atoms with Crippen LogP contribution in [0.3, 0.4) is 0 Å². The highest BCUT2D eigenvalue weighted by Gasteiger charge is 2.40. The van der Waals surface area contributed by atoms with Crippen LogP contribution in [-0.4, -0.2) is 5.91 Å². The SMILES string of the molecule is CCc1cccc(C)c1NC(=O)C[C@H]1C[C@@H]2CC[C@@H]1C2. The van der Waals surface area contributed by atoms with Crippen molar-refractivity contribution in [3.8, 4) is 0 Å². The van der Waals surface area contributed by atoms with E-state index in [9.17, 15) is 4.79 Å². The Bertz CT molecular complexity index is 508. The molecule has 0 unspecified atom stereocenters. The fourth-order valence-corrected chi connectivity index (χ4v) is 4.26. The highest BCUT2D eigenvalue weighted by Crippen LogP contribution is 2.49. The molecule has 108 valence electrons. The lowest BCUT2D eigenvalue weighted by Gasteiger charge is -2.21. The van der Waals surface area contributed by atoms with Gasteiger partial charge in [-0.2, -0.15) is 0 Å². The Kier molecular flexibility index (Phi) is 3.82. The summed E-state index contributed by atoms with van der Waals surface area (Å²) in [5.74, 6) is 2.60. The van der Waals surface area contributed by atoms with Gasteiger partial charge in [-0.15, -0.1) is 0 Å². The highest BCUT2D eigenvalue weighted by atomic mass is 16.1. The maximum absolute atomic E-state index is 12.4. The van der Waals surface area contributed by atoms with Gasteiger partial charge in [0.25, 0.3) is 0 Å². The summed E-state index contributed by atoms with van der Waals surface area (Å²) in [4.78, 5) is 12.4. The van der Waals surface area contributed by atoms with Crippen LogP contribution < -0.4 is 5.32 Å². The van der Waals surface area contributed by atoms with E-state index in [2.05, 4.69) is 37.4 Å². The average Bonchev–Trinajstić information content (AvgIpc) is 3.03. The topological polar surface area (TPSA) is 29.1 Å². The van der Waals surface area contributed by atoms with E-state index in [1.165, 1.54) is 36.8 Å². The van der Waals surface area contributed by atoms with E-state index in [4.69, 9.17) is 0 Å². The number of aryl methyl sites for hydroxylation is 2. The molecular formula is C18H25NO. The van der Waals surface area contributed by atoms with Gasteiger partial charge in [0, 0.05) is 12.1 Å². The molecule has 0 radical (unpaired) electrons. The predicted octanol–water partition coefficient (Wildman–Crippen LogP) is 4.32. The maximum atomic E-state index is 12.4. The molecule has 1 aromatic carbocycles. The molecule has 2 heteroatoms. The Morgan fingerprint density at radius 1 is 1.30 bits per heavy atom. The van der Waals surface area contributed by atoms with Crippen molar-refractivity contribution in [1.29, 1.82) is 0 Å². The third-order valence-electron chi connectivity index (χ3n) is 5.34. The Balaban J connectivity index is 1.64. The van der Waals surface area contributed by atoms with Gasteiger partial charge in [0.05, 0.1) is 0 Å². The standard InChI is InChI=1S/C18H25NO/c1-3-14-6-4-5-12(2)18(14)19-17(20)11-16-10-13-7-8-15(16)9-13/h4-6,13,15-16H,3,7-11H2,1-2H3,(H,19,20)/t13-,15-,16-/m1/s1. The molecule has 1 amide bonds. The molecule has 0 aromatic heterocycles. The molecule has 0 saturated heterocycles. The Morgan fingerprint density at radius 2 is 2.15 bits per heavy atom. The van der Waals surface area contributed by atoms with E-state index >= 15 is 0 Å². The first kappa shape index (κ1) is 13.7. The summed E-state index contributed by atoms with van der Waals surface area (Å²) < 4.78 is 0. The quantitative estimate of drug-likeness (QED) is 0.868. The third-order valence-corrected chi connectivity index (χ3v) is 5.34. The molecule has 2 nitrogen and oxygen atoms in total. The lowest BCUT2D eigenvalue weighted by molar-refractivity contribution is -0.117. The van der Waals surface area contributed by atoms with Crippen molar-refractivity contribution in [1.82, 2.24) is 0 Å². The monoisotopic (exact) mass is 271 g/mol. The molecule has 20 heavy (non-hydrogen) atoms. The number of hydrogen-bond acceptors (Lipinski definition) is 1. The number of rotatable bonds is 4. The zero-order valence-corrected chi connectivity index (χ0v) is 12.6. The van der Waals surface area contributed by atoms with Gasteiger partial charge >= 0.3 is 0 Å². The number of amides is 1. The second-order valence-electron chi connectivity index (χ2n) is 6.65. The summed E-state index contributed by atoms with van der Waals surface area (Å²) >= 11 is 0. The van der Waals surface area contributed by atoms with E-state index in [1.54, 1.807) is 0 Å². The molecule has 2 fully saturated rings. The fourth-order valence-electron chi connectivity index (χ4n) is 4.26. The van der Waals surface area contributed by atoms with Crippen molar-refractivity contribution in [3.63, 3.8) is 0 Å². The van der Waals surface area contributed by atoms with E-state index in [0.29, 0.717) is 5.92 Å². The molecule has 0 aliphatic heterocycles. The summed E-state index contributed by atoms with van der Waals surface area (Å²) in [6.45, 7) is 4.21. The number of carbonyl (C=O) groups excluding carboxylic acids is 1. The Hall–Kier alpha value is -1.31. The number of nitrogens with one attached hydrogen (secondary N) is 1. The summed E-state index contributed by atoms with van der Waals surface area (Å²) in [7, 11) is 0. The largest absolute Gasteiger partial charge is 0.326 e. The molecule has 3 rings (SSSR count). The first-order valence-electron chi connectivity index (χ1n) is 8.05. The minimum Gasteiger partial charge on any atom is -0.326 e. The normalized spacial score (nSPS) is 27.8. The van der Waals surface area contributed by atoms with Crippen LogP contribution in [0.4, 0.5) is 5.69 Å². The summed E-state index contributed by atoms with van der Waals surface area (Å²) in [6, 6.07) is 6.26. The van der Waals surface area contributed by atoms with Gasteiger partial charge in [-0.3, -0.25) is 4.79 Å². The van der Waals surface area contributed by atoms with Crippen LogP contribution in [0.1, 0.15) is 50.2 Å². The number of anilines is 1.